The lowest BCUT2D eigenvalue weighted by atomic mass is 9.61. The predicted molar refractivity (Wildman–Crippen MR) is 295 cm³/mol. The first kappa shape index (κ1) is 54.3. The zero-order valence-electron chi connectivity index (χ0n) is 41.6. The molecule has 70 heavy (non-hydrogen) atoms. The highest BCUT2D eigenvalue weighted by Gasteiger charge is 2.21. The van der Waals surface area contributed by atoms with Gasteiger partial charge in [-0.3, -0.25) is 0 Å². The molecule has 8 aromatic heterocycles. The summed E-state index contributed by atoms with van der Waals surface area (Å²) in [5.41, 5.74) is 20.0. The molecule has 4 aliphatic heterocycles. The van der Waals surface area contributed by atoms with Gasteiger partial charge in [0, 0.05) is 18.0 Å². The molecule has 19 nitrogen and oxygen atoms in total. The van der Waals surface area contributed by atoms with E-state index in [1.54, 1.807) is 47.7 Å². The van der Waals surface area contributed by atoms with Gasteiger partial charge in [-0.2, -0.15) is 22.4 Å². The van der Waals surface area contributed by atoms with Crippen LogP contribution in [0.25, 0.3) is 44.7 Å². The van der Waals surface area contributed by atoms with Crippen LogP contribution in [0.3, 0.4) is 0 Å². The molecule has 0 amide bonds. The number of aromatic amines is 4. The largest absolute Gasteiger partial charge is 0.365 e. The Morgan fingerprint density at radius 1 is 0.486 bits per heavy atom. The first-order chi connectivity index (χ1) is 34.1. The van der Waals surface area contributed by atoms with Gasteiger partial charge in [-0.15, -0.1) is 0 Å². The number of halogens is 1. The first-order valence-corrected chi connectivity index (χ1v) is 25.7. The zero-order chi connectivity index (χ0) is 49.7. The van der Waals surface area contributed by atoms with Crippen LogP contribution in [0.15, 0.2) is 25.3 Å². The van der Waals surface area contributed by atoms with Crippen LogP contribution in [0.2, 0.25) is 50.6 Å². The number of nitrogens with one attached hydrogen (secondary N) is 6. The van der Waals surface area contributed by atoms with Crippen molar-refractivity contribution in [1.29, 1.82) is 0 Å². The van der Waals surface area contributed by atoms with E-state index in [1.807, 2.05) is 41.5 Å². The van der Waals surface area contributed by atoms with Crippen LogP contribution in [0.4, 0.5) is 5.82 Å². The molecule has 4 fully saturated rings. The molecule has 0 aromatic carbocycles. The van der Waals surface area contributed by atoms with Gasteiger partial charge in [-0.25, -0.2) is 59.8 Å². The lowest BCUT2D eigenvalue weighted by Gasteiger charge is -2.23. The number of aromatic nitrogens is 16. The normalized spacial score (nSPS) is 15.9. The van der Waals surface area contributed by atoms with Crippen LogP contribution < -0.4 is 16.4 Å². The summed E-state index contributed by atoms with van der Waals surface area (Å²) in [4.78, 5) is 63.0. The van der Waals surface area contributed by atoms with E-state index in [0.29, 0.717) is 18.0 Å². The molecule has 0 bridgehead atoms. The number of aryl methyl sites for hydroxylation is 6. The maximum Gasteiger partial charge on any atom is 0.183 e. The molecule has 4 aliphatic rings. The Morgan fingerprint density at radius 3 is 1.31 bits per heavy atom. The van der Waals surface area contributed by atoms with Crippen molar-refractivity contribution in [2.75, 3.05) is 18.4 Å². The Hall–Kier alpha value is -5.03. The smallest absolute Gasteiger partial charge is 0.183 e. The minimum atomic E-state index is 0.505. The van der Waals surface area contributed by atoms with Crippen molar-refractivity contribution in [3.05, 3.63) is 65.7 Å². The number of imidazole rings is 4. The van der Waals surface area contributed by atoms with Crippen LogP contribution in [0.1, 0.15) is 84.8 Å². The third kappa shape index (κ3) is 16.5. The SMILES string of the molecule is Cc1nc(C)c2[nH]cnc2n1.Cc1nc(C)c2[nH]cnc2n1.Cc1nc(C2CC[B]CC2)c2[nH]cnc2n1.Cc1nc(NC2CC[B]CC2)c2[nH]cnc2n1.NC1CC[B]CC1.[B]1CCNCC1.[B]I. The zero-order valence-corrected chi connectivity index (χ0v) is 43.7. The van der Waals surface area contributed by atoms with Crippen LogP contribution >= 0.6 is 22.4 Å². The highest BCUT2D eigenvalue weighted by atomic mass is 127. The van der Waals surface area contributed by atoms with Crippen molar-refractivity contribution in [3.8, 4) is 0 Å². The monoisotopic (exact) mass is 1050 g/mol. The third-order valence-corrected chi connectivity index (χ3v) is 12.1. The van der Waals surface area contributed by atoms with E-state index in [2.05, 4.69) is 125 Å². The molecule has 12 rings (SSSR count). The molecule has 25 heteroatoms. The average Bonchev–Trinajstić information content (AvgIpc) is 4.23. The van der Waals surface area contributed by atoms with Gasteiger partial charge in [0.1, 0.15) is 74.5 Å². The Morgan fingerprint density at radius 2 is 0.871 bits per heavy atom. The van der Waals surface area contributed by atoms with E-state index >= 15 is 0 Å². The van der Waals surface area contributed by atoms with Crippen LogP contribution in [-0.2, 0) is 0 Å². The van der Waals surface area contributed by atoms with Crippen molar-refractivity contribution >= 4 is 108 Å². The van der Waals surface area contributed by atoms with Gasteiger partial charge < -0.3 is 36.3 Å². The van der Waals surface area contributed by atoms with Gasteiger partial charge in [-0.1, -0.05) is 63.4 Å². The molecule has 8 aromatic rings. The van der Waals surface area contributed by atoms with Gasteiger partial charge >= 0.3 is 0 Å². The molecule has 6 radical (unpaired) electrons. The lowest BCUT2D eigenvalue weighted by Crippen LogP contribution is -2.24. The molecule has 0 unspecified atom stereocenters. The highest BCUT2D eigenvalue weighted by Crippen LogP contribution is 2.32. The molecular weight excluding hydrogens is 988 g/mol. The summed E-state index contributed by atoms with van der Waals surface area (Å²) in [6.07, 6.45) is 23.6. The first-order valence-electron chi connectivity index (χ1n) is 24.5. The van der Waals surface area contributed by atoms with Crippen LogP contribution in [-0.4, -0.2) is 140 Å². The number of anilines is 1. The molecule has 362 valence electrons. The Labute approximate surface area is 428 Å². The minimum Gasteiger partial charge on any atom is -0.365 e. The summed E-state index contributed by atoms with van der Waals surface area (Å²) in [7, 11) is 9.38. The maximum absolute atomic E-state index is 5.61. The molecule has 0 atom stereocenters. The van der Waals surface area contributed by atoms with Gasteiger partial charge in [0.25, 0.3) is 0 Å². The van der Waals surface area contributed by atoms with Crippen molar-refractivity contribution < 1.29 is 0 Å². The van der Waals surface area contributed by atoms with Crippen LogP contribution in [0, 0.1) is 41.5 Å². The maximum atomic E-state index is 5.61. The second-order valence-corrected chi connectivity index (χ2v) is 17.6. The summed E-state index contributed by atoms with van der Waals surface area (Å²) >= 11 is 1.65. The summed E-state index contributed by atoms with van der Waals surface area (Å²) in [5, 5.41) is 6.76. The Balaban J connectivity index is 0.000000141. The van der Waals surface area contributed by atoms with Gasteiger partial charge in [-0.05, 0) is 80.3 Å². The standard InChI is InChI=1S/C11H15BN5.C11H14BN4.2C7H8N4.C5H11BN.C4H9BN.BI/c1-7-15-10-9(13-6-14-10)11(16-7)17-8-2-4-12-5-3-8;1-7-15-9(8-2-4-12-5-3-8)10-11(16-7)14-6-13-10;2*1-4-6-7(9-3-8-6)11-5(2)10-4;7-5-1-3-6-4-2-5;1-3-6-4-2-5-1;1-2/h6,8H,2-5H2,1H3,(H2,13,14,15,16,17);6,8H,2-5H2,1H3,(H,13,14,15,16);2*3H,1-2H3,(H,8,9,10,11);5H,1-4,7H2;6H,1-4H2;. The second-order valence-electron chi connectivity index (χ2n) is 17.6. The number of hydrogen-bond donors (Lipinski definition) is 7. The highest BCUT2D eigenvalue weighted by molar-refractivity contribution is 14.1. The molecule has 0 spiro atoms. The van der Waals surface area contributed by atoms with Crippen molar-refractivity contribution in [2.24, 2.45) is 5.73 Å². The summed E-state index contributed by atoms with van der Waals surface area (Å²) in [5.74, 6) is 4.56. The Bertz CT molecular complexity index is 2670. The van der Waals surface area contributed by atoms with E-state index in [1.165, 1.54) is 102 Å². The van der Waals surface area contributed by atoms with E-state index in [0.717, 1.165) is 90.9 Å². The van der Waals surface area contributed by atoms with E-state index in [-0.39, 0.29) is 0 Å². The molecule has 8 N–H and O–H groups in total. The fourth-order valence-corrected chi connectivity index (χ4v) is 8.64. The number of rotatable bonds is 3. The molecule has 4 saturated heterocycles. The molecule has 0 aliphatic carbocycles. The molecule has 0 saturated carbocycles. The molecular formula is C45H65B5IN19. The van der Waals surface area contributed by atoms with Gasteiger partial charge in [0.05, 0.1) is 42.4 Å². The third-order valence-electron chi connectivity index (χ3n) is 12.1. The van der Waals surface area contributed by atoms with Crippen molar-refractivity contribution in [2.45, 2.75) is 149 Å². The summed E-state index contributed by atoms with van der Waals surface area (Å²) < 4.78 is 0. The minimum absolute atomic E-state index is 0.505. The number of nitrogens with two attached hydrogens (primary N) is 1. The number of hydrogen-bond acceptors (Lipinski definition) is 15. The number of nitrogens with zero attached hydrogens (tertiary/aromatic N) is 12. The van der Waals surface area contributed by atoms with Gasteiger partial charge in [0.2, 0.25) is 0 Å². The molecule has 12 heterocycles. The number of fused-ring (bicyclic) bond motifs is 4. The van der Waals surface area contributed by atoms with E-state index < -0.39 is 0 Å². The van der Waals surface area contributed by atoms with E-state index in [4.69, 9.17) is 5.73 Å². The predicted octanol–water partition coefficient (Wildman–Crippen LogP) is 7.08. The van der Waals surface area contributed by atoms with Crippen molar-refractivity contribution in [3.63, 3.8) is 0 Å². The average molecular weight is 1050 g/mol. The van der Waals surface area contributed by atoms with Gasteiger partial charge in [0.15, 0.2) is 34.1 Å². The Kier molecular flexibility index (Phi) is 22.3. The summed E-state index contributed by atoms with van der Waals surface area (Å²) in [6, 6.07) is 1.02. The van der Waals surface area contributed by atoms with Crippen molar-refractivity contribution in [1.82, 2.24) is 85.1 Å². The lowest BCUT2D eigenvalue weighted by molar-refractivity contribution is 0.600. The number of H-pyrrole nitrogens is 4. The topological polar surface area (TPSA) is 268 Å². The van der Waals surface area contributed by atoms with E-state index in [9.17, 15) is 0 Å². The fraction of sp³-hybridized carbons (Fsp3) is 0.556. The fourth-order valence-electron chi connectivity index (χ4n) is 8.64. The second kappa shape index (κ2) is 28.7. The quantitative estimate of drug-likeness (QED) is 0.0688. The summed E-state index contributed by atoms with van der Waals surface area (Å²) in [6.45, 7) is 13.8. The van der Waals surface area contributed by atoms with Crippen LogP contribution in [0.5, 0.6) is 0 Å².